The number of hydrogen-bond acceptors (Lipinski definition) is 5. The predicted octanol–water partition coefficient (Wildman–Crippen LogP) is 4.98. The van der Waals surface area contributed by atoms with Gasteiger partial charge in [-0.15, -0.1) is 11.8 Å². The maximum absolute atomic E-state index is 9.33. The largest absolute Gasteiger partial charge is 0.392 e. The molecule has 30 heavy (non-hydrogen) atoms. The Morgan fingerprint density at radius 1 is 0.833 bits per heavy atom. The van der Waals surface area contributed by atoms with Crippen LogP contribution < -0.4 is 5.73 Å². The summed E-state index contributed by atoms with van der Waals surface area (Å²) in [5, 5.41) is 9.33. The zero-order valence-electron chi connectivity index (χ0n) is 16.8. The van der Waals surface area contributed by atoms with Crippen LogP contribution >= 0.6 is 11.8 Å². The first-order valence-corrected chi connectivity index (χ1v) is 11.2. The van der Waals surface area contributed by atoms with Gasteiger partial charge in [-0.2, -0.15) is 0 Å². The fourth-order valence-corrected chi connectivity index (χ4v) is 4.48. The number of ether oxygens (including phenoxy) is 2. The third-order valence-corrected chi connectivity index (χ3v) is 6.43. The van der Waals surface area contributed by atoms with E-state index in [9.17, 15) is 5.11 Å². The maximum Gasteiger partial charge on any atom is 0.184 e. The third-order valence-electron chi connectivity index (χ3n) is 5.28. The predicted molar refractivity (Wildman–Crippen MR) is 120 cm³/mol. The fourth-order valence-electron chi connectivity index (χ4n) is 3.54. The first-order chi connectivity index (χ1) is 14.7. The third kappa shape index (κ3) is 5.31. The van der Waals surface area contributed by atoms with Crippen molar-refractivity contribution in [3.05, 3.63) is 101 Å². The number of hydrogen-bond donors (Lipinski definition) is 2. The molecule has 0 unspecified atom stereocenters. The van der Waals surface area contributed by atoms with Crippen LogP contribution in [0.5, 0.6) is 0 Å². The van der Waals surface area contributed by atoms with Crippen molar-refractivity contribution < 1.29 is 14.6 Å². The van der Waals surface area contributed by atoms with Crippen molar-refractivity contribution in [3.63, 3.8) is 0 Å². The number of thioether (sulfide) groups is 1. The summed E-state index contributed by atoms with van der Waals surface area (Å²) in [4.78, 5) is 1.24. The number of nitrogens with two attached hydrogens (primary N) is 1. The molecule has 1 fully saturated rings. The number of benzene rings is 3. The first kappa shape index (κ1) is 21.1. The van der Waals surface area contributed by atoms with E-state index in [2.05, 4.69) is 24.3 Å². The van der Waals surface area contributed by atoms with E-state index in [1.54, 1.807) is 11.8 Å². The molecule has 3 aromatic carbocycles. The molecule has 0 saturated carbocycles. The average Bonchev–Trinajstić information content (AvgIpc) is 2.83. The second-order valence-electron chi connectivity index (χ2n) is 7.42. The van der Waals surface area contributed by atoms with Crippen LogP contribution in [0.25, 0.3) is 0 Å². The van der Waals surface area contributed by atoms with Crippen LogP contribution in [-0.4, -0.2) is 17.0 Å². The van der Waals surface area contributed by atoms with E-state index >= 15 is 0 Å². The highest BCUT2D eigenvalue weighted by Gasteiger charge is 2.32. The van der Waals surface area contributed by atoms with E-state index in [4.69, 9.17) is 15.2 Å². The molecule has 5 heteroatoms. The molecular formula is C25H27NO3S. The molecule has 0 amide bonds. The Bertz CT molecular complexity index is 860. The van der Waals surface area contributed by atoms with Gasteiger partial charge >= 0.3 is 0 Å². The van der Waals surface area contributed by atoms with Crippen molar-refractivity contribution in [2.24, 2.45) is 5.73 Å². The molecule has 1 aliphatic heterocycles. The minimum absolute atomic E-state index is 0.0430. The topological polar surface area (TPSA) is 64.7 Å². The summed E-state index contributed by atoms with van der Waals surface area (Å²) < 4.78 is 12.7. The average molecular weight is 422 g/mol. The Morgan fingerprint density at radius 3 is 2.17 bits per heavy atom. The lowest BCUT2D eigenvalue weighted by atomic mass is 10.0. The Balaban J connectivity index is 1.52. The van der Waals surface area contributed by atoms with Gasteiger partial charge in [0.05, 0.1) is 18.8 Å². The molecule has 0 bridgehead atoms. The number of aliphatic hydroxyl groups excluding tert-OH is 1. The van der Waals surface area contributed by atoms with Crippen LogP contribution in [0.1, 0.15) is 41.1 Å². The van der Waals surface area contributed by atoms with Crippen LogP contribution in [0.3, 0.4) is 0 Å². The van der Waals surface area contributed by atoms with Crippen molar-refractivity contribution in [2.75, 3.05) is 5.75 Å². The van der Waals surface area contributed by atoms with Crippen LogP contribution in [0.2, 0.25) is 0 Å². The molecule has 0 spiro atoms. The normalized spacial score (nSPS) is 21.5. The summed E-state index contributed by atoms with van der Waals surface area (Å²) in [5.41, 5.74) is 9.82. The summed E-state index contributed by atoms with van der Waals surface area (Å²) in [6.45, 7) is 0.560. The van der Waals surface area contributed by atoms with Gasteiger partial charge in [0.15, 0.2) is 6.29 Å². The van der Waals surface area contributed by atoms with E-state index in [-0.39, 0.29) is 18.8 Å². The summed E-state index contributed by atoms with van der Waals surface area (Å²) in [6.07, 6.45) is 0.363. The lowest BCUT2D eigenvalue weighted by molar-refractivity contribution is -0.245. The summed E-state index contributed by atoms with van der Waals surface area (Å²) >= 11 is 1.80. The highest BCUT2D eigenvalue weighted by atomic mass is 32.2. The van der Waals surface area contributed by atoms with Gasteiger partial charge in [-0.25, -0.2) is 0 Å². The minimum atomic E-state index is -0.422. The Labute approximate surface area is 182 Å². The minimum Gasteiger partial charge on any atom is -0.392 e. The van der Waals surface area contributed by atoms with Gasteiger partial charge in [0.2, 0.25) is 0 Å². The maximum atomic E-state index is 9.33. The highest BCUT2D eigenvalue weighted by Crippen LogP contribution is 2.39. The van der Waals surface area contributed by atoms with E-state index in [0.717, 1.165) is 34.4 Å². The zero-order chi connectivity index (χ0) is 20.8. The molecule has 4 rings (SSSR count). The molecule has 1 saturated heterocycles. The number of aliphatic hydroxyl groups is 1. The highest BCUT2D eigenvalue weighted by molar-refractivity contribution is 7.99. The van der Waals surface area contributed by atoms with Crippen LogP contribution in [0, 0.1) is 0 Å². The van der Waals surface area contributed by atoms with E-state index in [1.807, 2.05) is 54.6 Å². The van der Waals surface area contributed by atoms with E-state index in [0.29, 0.717) is 6.54 Å². The SMILES string of the molecule is NCc1ccc([C@H]2O[C@@H](CSc3ccccc3)C[C@@H](c3ccc(CO)cc3)O2)cc1. The van der Waals surface area contributed by atoms with Gasteiger partial charge < -0.3 is 20.3 Å². The Kier molecular flexibility index (Phi) is 7.20. The molecule has 0 aliphatic carbocycles. The van der Waals surface area contributed by atoms with Gasteiger partial charge in [0.1, 0.15) is 0 Å². The van der Waals surface area contributed by atoms with Crippen molar-refractivity contribution in [1.82, 2.24) is 0 Å². The van der Waals surface area contributed by atoms with Crippen molar-refractivity contribution in [2.45, 2.75) is 43.0 Å². The summed E-state index contributed by atoms with van der Waals surface area (Å²) in [6, 6.07) is 26.5. The fraction of sp³-hybridized carbons (Fsp3) is 0.280. The molecule has 3 atom stereocenters. The molecule has 1 aliphatic rings. The smallest absolute Gasteiger partial charge is 0.184 e. The van der Waals surface area contributed by atoms with Crippen LogP contribution in [0.15, 0.2) is 83.8 Å². The Morgan fingerprint density at radius 2 is 1.50 bits per heavy atom. The molecule has 0 radical (unpaired) electrons. The molecular weight excluding hydrogens is 394 g/mol. The lowest BCUT2D eigenvalue weighted by Gasteiger charge is -2.36. The molecule has 4 nitrogen and oxygen atoms in total. The van der Waals surface area contributed by atoms with Gasteiger partial charge in [0, 0.05) is 29.2 Å². The summed E-state index contributed by atoms with van der Waals surface area (Å²) in [7, 11) is 0. The Hall–Kier alpha value is -2.15. The van der Waals surface area contributed by atoms with Gasteiger partial charge in [0.25, 0.3) is 0 Å². The monoisotopic (exact) mass is 421 g/mol. The standard InChI is InChI=1S/C25H27NO3S/c26-15-18-6-12-21(13-7-18)25-28-22(17-30-23-4-2-1-3-5-23)14-24(29-25)20-10-8-19(16-27)9-11-20/h1-13,22,24-25,27H,14-17,26H2/t22-,24+,25+/m1/s1. The first-order valence-electron chi connectivity index (χ1n) is 10.2. The quantitative estimate of drug-likeness (QED) is 0.527. The molecule has 3 aromatic rings. The summed E-state index contributed by atoms with van der Waals surface area (Å²) in [5.74, 6) is 0.857. The van der Waals surface area contributed by atoms with Crippen molar-refractivity contribution in [3.8, 4) is 0 Å². The van der Waals surface area contributed by atoms with Gasteiger partial charge in [-0.3, -0.25) is 0 Å². The molecule has 3 N–H and O–H groups in total. The van der Waals surface area contributed by atoms with E-state index < -0.39 is 6.29 Å². The van der Waals surface area contributed by atoms with Gasteiger partial charge in [-0.05, 0) is 28.8 Å². The second-order valence-corrected chi connectivity index (χ2v) is 8.51. The second kappa shape index (κ2) is 10.2. The zero-order valence-corrected chi connectivity index (χ0v) is 17.6. The lowest BCUT2D eigenvalue weighted by Crippen LogP contribution is -2.31. The molecule has 0 aromatic heterocycles. The number of rotatable bonds is 7. The van der Waals surface area contributed by atoms with Gasteiger partial charge in [-0.1, -0.05) is 66.7 Å². The van der Waals surface area contributed by atoms with Crippen LogP contribution in [-0.2, 0) is 22.6 Å². The molecule has 1 heterocycles. The molecule has 156 valence electrons. The van der Waals surface area contributed by atoms with Crippen molar-refractivity contribution >= 4 is 11.8 Å². The van der Waals surface area contributed by atoms with E-state index in [1.165, 1.54) is 4.90 Å². The van der Waals surface area contributed by atoms with Crippen LogP contribution in [0.4, 0.5) is 0 Å². The van der Waals surface area contributed by atoms with Crippen molar-refractivity contribution in [1.29, 1.82) is 0 Å².